The van der Waals surface area contributed by atoms with Crippen molar-refractivity contribution < 1.29 is 14.3 Å². The summed E-state index contributed by atoms with van der Waals surface area (Å²) in [5, 5.41) is 10.9. The molecule has 2 heterocycles. The molecule has 0 aliphatic carbocycles. The molecule has 2 aromatic rings. The van der Waals surface area contributed by atoms with Crippen LogP contribution in [0.15, 0.2) is 24.3 Å². The monoisotopic (exact) mass is 345 g/mol. The van der Waals surface area contributed by atoms with E-state index in [4.69, 9.17) is 4.74 Å². The van der Waals surface area contributed by atoms with Gasteiger partial charge in [-0.3, -0.25) is 14.7 Å². The molecule has 1 aliphatic rings. The van der Waals surface area contributed by atoms with Crippen LogP contribution in [0.5, 0.6) is 0 Å². The maximum atomic E-state index is 12.7. The number of H-pyrrole nitrogens is 1. The molecule has 0 atom stereocenters. The minimum atomic E-state index is -0.0947. The molecule has 1 saturated heterocycles. The zero-order valence-electron chi connectivity index (χ0n) is 14.3. The molecule has 0 bridgehead atoms. The summed E-state index contributed by atoms with van der Waals surface area (Å²) >= 11 is 0. The molecule has 0 radical (unpaired) electrons. The van der Waals surface area contributed by atoms with Crippen LogP contribution >= 0.6 is 0 Å². The summed E-state index contributed by atoms with van der Waals surface area (Å²) in [5.41, 5.74) is 1.29. The minimum Gasteiger partial charge on any atom is -0.383 e. The third-order valence-corrected chi connectivity index (χ3v) is 4.35. The molecule has 1 fully saturated rings. The van der Waals surface area contributed by atoms with Crippen molar-refractivity contribution in [1.82, 2.24) is 25.3 Å². The number of piperazine rings is 1. The van der Waals surface area contributed by atoms with Gasteiger partial charge in [-0.2, -0.15) is 5.10 Å². The van der Waals surface area contributed by atoms with Crippen LogP contribution in [-0.4, -0.2) is 84.8 Å². The zero-order chi connectivity index (χ0) is 17.6. The van der Waals surface area contributed by atoms with E-state index in [1.165, 1.54) is 0 Å². The molecule has 1 aromatic heterocycles. The first-order valence-electron chi connectivity index (χ1n) is 8.40. The molecule has 2 amide bonds. The Hall–Kier alpha value is -2.45. The summed E-state index contributed by atoms with van der Waals surface area (Å²) in [4.78, 5) is 28.4. The number of hydrogen-bond donors (Lipinski definition) is 2. The molecule has 8 heteroatoms. The molecule has 0 spiro atoms. The third kappa shape index (κ3) is 3.97. The molecule has 134 valence electrons. The lowest BCUT2D eigenvalue weighted by Crippen LogP contribution is -2.52. The van der Waals surface area contributed by atoms with Gasteiger partial charge in [-0.25, -0.2) is 0 Å². The first-order valence-corrected chi connectivity index (χ1v) is 8.40. The first-order chi connectivity index (χ1) is 12.2. The Balaban J connectivity index is 1.53. The minimum absolute atomic E-state index is 0.0495. The van der Waals surface area contributed by atoms with Crippen molar-refractivity contribution in [2.24, 2.45) is 0 Å². The highest BCUT2D eigenvalue weighted by Crippen LogP contribution is 2.17. The van der Waals surface area contributed by atoms with Gasteiger partial charge in [-0.15, -0.1) is 0 Å². The lowest BCUT2D eigenvalue weighted by Gasteiger charge is -2.34. The highest BCUT2D eigenvalue weighted by Gasteiger charge is 2.26. The SMILES string of the molecule is COCCNCC(=O)N1CCN(C(=O)c2n[nH]c3ccccc23)CC1. The van der Waals surface area contributed by atoms with Gasteiger partial charge in [0.15, 0.2) is 5.69 Å². The highest BCUT2D eigenvalue weighted by molar-refractivity contribution is 6.04. The zero-order valence-corrected chi connectivity index (χ0v) is 14.3. The molecule has 8 nitrogen and oxygen atoms in total. The Kier molecular flexibility index (Phi) is 5.62. The highest BCUT2D eigenvalue weighted by atomic mass is 16.5. The van der Waals surface area contributed by atoms with Crippen molar-refractivity contribution >= 4 is 22.7 Å². The Morgan fingerprint density at radius 2 is 1.92 bits per heavy atom. The molecule has 3 rings (SSSR count). The number of nitrogens with zero attached hydrogens (tertiary/aromatic N) is 3. The summed E-state index contributed by atoms with van der Waals surface area (Å²) in [7, 11) is 1.63. The molecular formula is C17H23N5O3. The smallest absolute Gasteiger partial charge is 0.275 e. The fourth-order valence-corrected chi connectivity index (χ4v) is 2.92. The lowest BCUT2D eigenvalue weighted by atomic mass is 10.2. The number of methoxy groups -OCH3 is 1. The Morgan fingerprint density at radius 3 is 2.68 bits per heavy atom. The van der Waals surface area contributed by atoms with E-state index in [2.05, 4.69) is 15.5 Å². The molecule has 25 heavy (non-hydrogen) atoms. The van der Waals surface area contributed by atoms with Crippen molar-refractivity contribution in [2.45, 2.75) is 0 Å². The number of benzene rings is 1. The van der Waals surface area contributed by atoms with Crippen LogP contribution in [0.4, 0.5) is 0 Å². The summed E-state index contributed by atoms with van der Waals surface area (Å²) in [6.07, 6.45) is 0. The second-order valence-electron chi connectivity index (χ2n) is 5.96. The van der Waals surface area contributed by atoms with Crippen molar-refractivity contribution in [3.05, 3.63) is 30.0 Å². The van der Waals surface area contributed by atoms with E-state index in [0.717, 1.165) is 10.9 Å². The Morgan fingerprint density at radius 1 is 1.20 bits per heavy atom. The van der Waals surface area contributed by atoms with E-state index in [1.54, 1.807) is 16.9 Å². The molecular weight excluding hydrogens is 322 g/mol. The summed E-state index contributed by atoms with van der Waals surface area (Å²) in [5.74, 6) is -0.0452. The Bertz CT molecular complexity index is 737. The van der Waals surface area contributed by atoms with Crippen LogP contribution in [0.2, 0.25) is 0 Å². The van der Waals surface area contributed by atoms with Crippen LogP contribution in [0.3, 0.4) is 0 Å². The number of aromatic amines is 1. The number of amides is 2. The van der Waals surface area contributed by atoms with Gasteiger partial charge < -0.3 is 19.9 Å². The maximum absolute atomic E-state index is 12.7. The van der Waals surface area contributed by atoms with Crippen LogP contribution in [0.25, 0.3) is 10.9 Å². The maximum Gasteiger partial charge on any atom is 0.275 e. The molecule has 2 N–H and O–H groups in total. The molecule has 1 aromatic carbocycles. The number of rotatable bonds is 6. The standard InChI is InChI=1S/C17H23N5O3/c1-25-11-6-18-12-15(23)21-7-9-22(10-8-21)17(24)16-13-4-2-3-5-14(13)19-20-16/h2-5,18H,6-12H2,1H3,(H,19,20). The van der Waals surface area contributed by atoms with E-state index in [0.29, 0.717) is 51.6 Å². The lowest BCUT2D eigenvalue weighted by molar-refractivity contribution is -0.131. The van der Waals surface area contributed by atoms with Crippen molar-refractivity contribution in [2.75, 3.05) is 53.0 Å². The topological polar surface area (TPSA) is 90.6 Å². The van der Waals surface area contributed by atoms with Crippen LogP contribution < -0.4 is 5.32 Å². The third-order valence-electron chi connectivity index (χ3n) is 4.35. The van der Waals surface area contributed by atoms with Crippen molar-refractivity contribution in [3.63, 3.8) is 0 Å². The number of fused-ring (bicyclic) bond motifs is 1. The Labute approximate surface area is 146 Å². The molecule has 0 unspecified atom stereocenters. The quantitative estimate of drug-likeness (QED) is 0.724. The average molecular weight is 345 g/mol. The van der Waals surface area contributed by atoms with Crippen LogP contribution in [-0.2, 0) is 9.53 Å². The molecule has 0 saturated carbocycles. The summed E-state index contributed by atoms with van der Waals surface area (Å²) in [6.45, 7) is 3.63. The first kappa shape index (κ1) is 17.4. The molecule has 1 aliphatic heterocycles. The van der Waals surface area contributed by atoms with Gasteiger partial charge in [0.1, 0.15) is 0 Å². The van der Waals surface area contributed by atoms with Gasteiger partial charge in [0.2, 0.25) is 5.91 Å². The van der Waals surface area contributed by atoms with Gasteiger partial charge in [-0.05, 0) is 6.07 Å². The number of carbonyl (C=O) groups excluding carboxylic acids is 2. The van der Waals surface area contributed by atoms with E-state index >= 15 is 0 Å². The predicted octanol–water partition coefficient (Wildman–Crippen LogP) is 0.0833. The second-order valence-corrected chi connectivity index (χ2v) is 5.96. The van der Waals surface area contributed by atoms with E-state index < -0.39 is 0 Å². The van der Waals surface area contributed by atoms with E-state index in [1.807, 2.05) is 24.3 Å². The number of nitrogens with one attached hydrogen (secondary N) is 2. The van der Waals surface area contributed by atoms with Crippen LogP contribution in [0, 0.1) is 0 Å². The number of ether oxygens (including phenoxy) is 1. The number of aromatic nitrogens is 2. The van der Waals surface area contributed by atoms with Crippen molar-refractivity contribution in [3.8, 4) is 0 Å². The number of carbonyl (C=O) groups is 2. The average Bonchev–Trinajstić information content (AvgIpc) is 3.09. The van der Waals surface area contributed by atoms with Crippen LogP contribution in [0.1, 0.15) is 10.5 Å². The van der Waals surface area contributed by atoms with E-state index in [-0.39, 0.29) is 11.8 Å². The number of hydrogen-bond acceptors (Lipinski definition) is 5. The van der Waals surface area contributed by atoms with Gasteiger partial charge in [0.25, 0.3) is 5.91 Å². The second kappa shape index (κ2) is 8.09. The van der Waals surface area contributed by atoms with Gasteiger partial charge >= 0.3 is 0 Å². The fourth-order valence-electron chi connectivity index (χ4n) is 2.92. The van der Waals surface area contributed by atoms with Crippen molar-refractivity contribution in [1.29, 1.82) is 0 Å². The predicted molar refractivity (Wildman–Crippen MR) is 93.3 cm³/mol. The fraction of sp³-hybridized carbons (Fsp3) is 0.471. The largest absolute Gasteiger partial charge is 0.383 e. The van der Waals surface area contributed by atoms with Gasteiger partial charge in [0, 0.05) is 45.2 Å². The normalized spacial score (nSPS) is 14.9. The number of para-hydroxylation sites is 1. The van der Waals surface area contributed by atoms with Gasteiger partial charge in [-0.1, -0.05) is 18.2 Å². The summed E-state index contributed by atoms with van der Waals surface area (Å²) < 4.78 is 4.94. The van der Waals surface area contributed by atoms with Gasteiger partial charge in [0.05, 0.1) is 18.7 Å². The van der Waals surface area contributed by atoms with E-state index in [9.17, 15) is 9.59 Å². The summed E-state index contributed by atoms with van der Waals surface area (Å²) in [6, 6.07) is 7.57.